The van der Waals surface area contributed by atoms with E-state index in [-0.39, 0.29) is 11.5 Å². The van der Waals surface area contributed by atoms with Crippen LogP contribution in [0.1, 0.15) is 5.56 Å². The number of rotatable bonds is 3. The van der Waals surface area contributed by atoms with Gasteiger partial charge in [-0.3, -0.25) is 15.2 Å². The van der Waals surface area contributed by atoms with Crippen LogP contribution in [-0.2, 0) is 0 Å². The summed E-state index contributed by atoms with van der Waals surface area (Å²) >= 11 is 6.14. The van der Waals surface area contributed by atoms with E-state index >= 15 is 0 Å². The molecule has 0 saturated carbocycles. The van der Waals surface area contributed by atoms with Crippen molar-refractivity contribution in [1.82, 2.24) is 15.2 Å². The molecule has 1 aromatic carbocycles. The van der Waals surface area contributed by atoms with E-state index in [9.17, 15) is 10.1 Å². The molecule has 0 bridgehead atoms. The van der Waals surface area contributed by atoms with Gasteiger partial charge in [0.25, 0.3) is 0 Å². The van der Waals surface area contributed by atoms with Crippen molar-refractivity contribution in [1.29, 1.82) is 0 Å². The van der Waals surface area contributed by atoms with Crippen LogP contribution in [0.15, 0.2) is 30.6 Å². The molecule has 21 heavy (non-hydrogen) atoms. The summed E-state index contributed by atoms with van der Waals surface area (Å²) in [4.78, 5) is 14.7. The Morgan fingerprint density at radius 3 is 3.00 bits per heavy atom. The maximum atomic E-state index is 11.2. The van der Waals surface area contributed by atoms with Crippen LogP contribution in [0, 0.1) is 17.0 Å². The van der Waals surface area contributed by atoms with Gasteiger partial charge in [0.1, 0.15) is 0 Å². The minimum Gasteiger partial charge on any atom is -0.334 e. The summed E-state index contributed by atoms with van der Waals surface area (Å²) in [6.45, 7) is 1.66. The molecule has 0 aliphatic heterocycles. The van der Waals surface area contributed by atoms with E-state index in [0.29, 0.717) is 21.8 Å². The average molecular weight is 304 g/mol. The minimum absolute atomic E-state index is 0.0547. The summed E-state index contributed by atoms with van der Waals surface area (Å²) in [5.74, 6) is 0.180. The highest BCUT2D eigenvalue weighted by atomic mass is 35.5. The van der Waals surface area contributed by atoms with E-state index in [1.165, 1.54) is 6.20 Å². The fourth-order valence-electron chi connectivity index (χ4n) is 2.10. The smallest absolute Gasteiger partial charge is 0.314 e. The Hall–Kier alpha value is -2.67. The van der Waals surface area contributed by atoms with Crippen molar-refractivity contribution in [2.75, 3.05) is 5.32 Å². The molecule has 3 rings (SSSR count). The molecule has 0 aliphatic rings. The van der Waals surface area contributed by atoms with Crippen LogP contribution in [0.3, 0.4) is 0 Å². The van der Waals surface area contributed by atoms with Gasteiger partial charge in [0.05, 0.1) is 21.7 Å². The SMILES string of the molecule is Cc1ccnc(Nc2cc(Cl)c3[nH]ncc3c2)c1[N+](=O)[O-]. The van der Waals surface area contributed by atoms with Gasteiger partial charge < -0.3 is 5.32 Å². The molecular weight excluding hydrogens is 294 g/mol. The third-order valence-electron chi connectivity index (χ3n) is 3.07. The Morgan fingerprint density at radius 2 is 2.24 bits per heavy atom. The molecule has 0 fully saturated rings. The van der Waals surface area contributed by atoms with Crippen molar-refractivity contribution in [3.05, 3.63) is 51.3 Å². The maximum absolute atomic E-state index is 11.2. The molecule has 8 heteroatoms. The number of hydrogen-bond acceptors (Lipinski definition) is 5. The zero-order chi connectivity index (χ0) is 15.0. The van der Waals surface area contributed by atoms with Gasteiger partial charge in [-0.2, -0.15) is 5.10 Å². The number of nitrogens with one attached hydrogen (secondary N) is 2. The summed E-state index contributed by atoms with van der Waals surface area (Å²) in [5.41, 5.74) is 1.80. The maximum Gasteiger partial charge on any atom is 0.314 e. The van der Waals surface area contributed by atoms with E-state index in [1.807, 2.05) is 0 Å². The van der Waals surface area contributed by atoms with E-state index < -0.39 is 4.92 Å². The molecule has 2 heterocycles. The first-order chi connectivity index (χ1) is 10.1. The second kappa shape index (κ2) is 5.02. The first-order valence-corrected chi connectivity index (χ1v) is 6.43. The molecule has 2 N–H and O–H groups in total. The van der Waals surface area contributed by atoms with Crippen molar-refractivity contribution in [3.63, 3.8) is 0 Å². The summed E-state index contributed by atoms with van der Waals surface area (Å²) in [5, 5.41) is 22.1. The number of nitro groups is 1. The van der Waals surface area contributed by atoms with Crippen LogP contribution in [0.5, 0.6) is 0 Å². The van der Waals surface area contributed by atoms with Gasteiger partial charge in [0.15, 0.2) is 0 Å². The van der Waals surface area contributed by atoms with Gasteiger partial charge in [-0.1, -0.05) is 11.6 Å². The second-order valence-electron chi connectivity index (χ2n) is 4.50. The summed E-state index contributed by atoms with van der Waals surface area (Å²) in [6.07, 6.45) is 3.15. The number of fused-ring (bicyclic) bond motifs is 1. The second-order valence-corrected chi connectivity index (χ2v) is 4.91. The third kappa shape index (κ3) is 2.38. The number of aromatic nitrogens is 3. The number of aromatic amines is 1. The standard InChI is InChI=1S/C13H10ClN5O2/c1-7-2-3-15-13(12(7)19(20)21)17-9-4-8-6-16-18-11(8)10(14)5-9/h2-6H,1H3,(H,15,17)(H,16,18). The highest BCUT2D eigenvalue weighted by molar-refractivity contribution is 6.35. The summed E-state index contributed by atoms with van der Waals surface area (Å²) in [7, 11) is 0. The van der Waals surface area contributed by atoms with Gasteiger partial charge in [-0.05, 0) is 25.1 Å². The molecular formula is C13H10ClN5O2. The van der Waals surface area contributed by atoms with Crippen molar-refractivity contribution in [2.24, 2.45) is 0 Å². The number of benzene rings is 1. The number of anilines is 2. The molecule has 2 aromatic heterocycles. The molecule has 7 nitrogen and oxygen atoms in total. The van der Waals surface area contributed by atoms with Crippen LogP contribution in [0.25, 0.3) is 10.9 Å². The molecule has 0 saturated heterocycles. The first-order valence-electron chi connectivity index (χ1n) is 6.06. The predicted octanol–water partition coefficient (Wildman–Crippen LogP) is 3.57. The highest BCUT2D eigenvalue weighted by Crippen LogP contribution is 2.31. The number of aryl methyl sites for hydroxylation is 1. The predicted molar refractivity (Wildman–Crippen MR) is 80.0 cm³/mol. The Labute approximate surface area is 124 Å². The number of hydrogen-bond donors (Lipinski definition) is 2. The largest absolute Gasteiger partial charge is 0.334 e. The van der Waals surface area contributed by atoms with Crippen LogP contribution >= 0.6 is 11.6 Å². The first kappa shape index (κ1) is 13.3. The summed E-state index contributed by atoms with van der Waals surface area (Å²) in [6, 6.07) is 5.05. The van der Waals surface area contributed by atoms with E-state index in [4.69, 9.17) is 11.6 Å². The Kier molecular flexibility index (Phi) is 3.19. The molecule has 0 amide bonds. The Morgan fingerprint density at radius 1 is 1.43 bits per heavy atom. The third-order valence-corrected chi connectivity index (χ3v) is 3.37. The monoisotopic (exact) mass is 303 g/mol. The molecule has 106 valence electrons. The zero-order valence-electron chi connectivity index (χ0n) is 10.9. The Bertz CT molecular complexity index is 846. The van der Waals surface area contributed by atoms with Crippen molar-refractivity contribution in [3.8, 4) is 0 Å². The van der Waals surface area contributed by atoms with Gasteiger partial charge in [-0.15, -0.1) is 0 Å². The van der Waals surface area contributed by atoms with Gasteiger partial charge >= 0.3 is 5.69 Å². The van der Waals surface area contributed by atoms with E-state index in [1.54, 1.807) is 31.3 Å². The number of halogens is 1. The molecule has 0 spiro atoms. The zero-order valence-corrected chi connectivity index (χ0v) is 11.7. The van der Waals surface area contributed by atoms with Gasteiger partial charge in [-0.25, -0.2) is 4.98 Å². The number of H-pyrrole nitrogens is 1. The number of pyridine rings is 1. The molecule has 0 aliphatic carbocycles. The van der Waals surface area contributed by atoms with Crippen LogP contribution in [0.2, 0.25) is 5.02 Å². The van der Waals surface area contributed by atoms with Crippen LogP contribution in [-0.4, -0.2) is 20.1 Å². The lowest BCUT2D eigenvalue weighted by atomic mass is 10.2. The van der Waals surface area contributed by atoms with E-state index in [0.717, 1.165) is 5.39 Å². The Balaban J connectivity index is 2.06. The highest BCUT2D eigenvalue weighted by Gasteiger charge is 2.19. The van der Waals surface area contributed by atoms with Gasteiger partial charge in [0.2, 0.25) is 5.82 Å². The van der Waals surface area contributed by atoms with Crippen LogP contribution < -0.4 is 5.32 Å². The fraction of sp³-hybridized carbons (Fsp3) is 0.0769. The topological polar surface area (TPSA) is 96.7 Å². The van der Waals surface area contributed by atoms with Crippen LogP contribution in [0.4, 0.5) is 17.2 Å². The normalized spacial score (nSPS) is 10.8. The quantitative estimate of drug-likeness (QED) is 0.569. The lowest BCUT2D eigenvalue weighted by Crippen LogP contribution is -2.01. The number of nitrogens with zero attached hydrogens (tertiary/aromatic N) is 3. The van der Waals surface area contributed by atoms with Crippen molar-refractivity contribution in [2.45, 2.75) is 6.92 Å². The minimum atomic E-state index is -0.456. The fourth-order valence-corrected chi connectivity index (χ4v) is 2.36. The van der Waals surface area contributed by atoms with Crippen molar-refractivity contribution >= 4 is 39.7 Å². The summed E-state index contributed by atoms with van der Waals surface area (Å²) < 4.78 is 0. The van der Waals surface area contributed by atoms with Crippen molar-refractivity contribution < 1.29 is 4.92 Å². The van der Waals surface area contributed by atoms with Gasteiger partial charge in [0, 0.05) is 22.8 Å². The molecule has 0 radical (unpaired) electrons. The lowest BCUT2D eigenvalue weighted by Gasteiger charge is -2.08. The molecule has 0 atom stereocenters. The molecule has 0 unspecified atom stereocenters. The lowest BCUT2D eigenvalue weighted by molar-refractivity contribution is -0.384. The van der Waals surface area contributed by atoms with E-state index in [2.05, 4.69) is 20.5 Å². The average Bonchev–Trinajstić information content (AvgIpc) is 2.87. The molecule has 3 aromatic rings.